The van der Waals surface area contributed by atoms with E-state index < -0.39 is 6.10 Å². The first-order valence-corrected chi connectivity index (χ1v) is 9.08. The van der Waals surface area contributed by atoms with Gasteiger partial charge in [0, 0.05) is 24.3 Å². The van der Waals surface area contributed by atoms with Crippen LogP contribution in [0, 0.1) is 0 Å². The monoisotopic (exact) mass is 368 g/mol. The fourth-order valence-electron chi connectivity index (χ4n) is 2.99. The summed E-state index contributed by atoms with van der Waals surface area (Å²) in [5.74, 6) is 1.03. The summed E-state index contributed by atoms with van der Waals surface area (Å²) >= 11 is 0. The Morgan fingerprint density at radius 2 is 1.70 bits per heavy atom. The number of ether oxygens (including phenoxy) is 2. The quantitative estimate of drug-likeness (QED) is 0.849. The van der Waals surface area contributed by atoms with Crippen LogP contribution in [0.3, 0.4) is 0 Å². The van der Waals surface area contributed by atoms with Crippen molar-refractivity contribution in [1.29, 1.82) is 0 Å². The molecule has 1 unspecified atom stereocenters. The summed E-state index contributed by atoms with van der Waals surface area (Å²) in [4.78, 5) is 26.8. The molecule has 0 spiro atoms. The molecular formula is C21H24N2O4. The van der Waals surface area contributed by atoms with Crippen LogP contribution in [0.15, 0.2) is 48.5 Å². The molecule has 2 aromatic rings. The number of anilines is 1. The van der Waals surface area contributed by atoms with Crippen LogP contribution < -0.4 is 14.8 Å². The van der Waals surface area contributed by atoms with Crippen LogP contribution in [-0.4, -0.2) is 43.0 Å². The summed E-state index contributed by atoms with van der Waals surface area (Å²) in [6.07, 6.45) is 1.40. The molecule has 0 radical (unpaired) electrons. The number of rotatable bonds is 6. The van der Waals surface area contributed by atoms with Gasteiger partial charge in [-0.15, -0.1) is 0 Å². The van der Waals surface area contributed by atoms with Crippen LogP contribution in [-0.2, 0) is 4.79 Å². The highest BCUT2D eigenvalue weighted by molar-refractivity contribution is 5.98. The highest BCUT2D eigenvalue weighted by Crippen LogP contribution is 2.19. The molecule has 1 aliphatic heterocycles. The van der Waals surface area contributed by atoms with E-state index in [-0.39, 0.29) is 11.8 Å². The van der Waals surface area contributed by atoms with Gasteiger partial charge in [0.25, 0.3) is 11.8 Å². The number of hydrogen-bond donors (Lipinski definition) is 1. The highest BCUT2D eigenvalue weighted by Gasteiger charge is 2.20. The Labute approximate surface area is 159 Å². The Morgan fingerprint density at radius 1 is 1.04 bits per heavy atom. The second-order valence-corrected chi connectivity index (χ2v) is 6.50. The number of likely N-dealkylation sites (tertiary alicyclic amines) is 1. The number of hydrogen-bond acceptors (Lipinski definition) is 4. The van der Waals surface area contributed by atoms with Crippen molar-refractivity contribution in [1.82, 2.24) is 4.90 Å². The van der Waals surface area contributed by atoms with Gasteiger partial charge in [0.2, 0.25) is 0 Å². The van der Waals surface area contributed by atoms with Crippen molar-refractivity contribution in [2.75, 3.05) is 25.5 Å². The maximum atomic E-state index is 12.5. The smallest absolute Gasteiger partial charge is 0.265 e. The molecule has 2 aromatic carbocycles. The van der Waals surface area contributed by atoms with E-state index in [1.165, 1.54) is 0 Å². The molecule has 2 amide bonds. The molecule has 0 bridgehead atoms. The van der Waals surface area contributed by atoms with Crippen LogP contribution in [0.25, 0.3) is 0 Å². The third kappa shape index (κ3) is 4.78. The molecular weight excluding hydrogens is 344 g/mol. The van der Waals surface area contributed by atoms with Gasteiger partial charge >= 0.3 is 0 Å². The maximum Gasteiger partial charge on any atom is 0.265 e. The van der Waals surface area contributed by atoms with Gasteiger partial charge < -0.3 is 19.7 Å². The molecule has 142 valence electrons. The van der Waals surface area contributed by atoms with Crippen LogP contribution in [0.1, 0.15) is 30.1 Å². The van der Waals surface area contributed by atoms with Crippen LogP contribution in [0.2, 0.25) is 0 Å². The molecule has 0 aromatic heterocycles. The Hall–Kier alpha value is -3.02. The molecule has 6 heteroatoms. The van der Waals surface area contributed by atoms with Gasteiger partial charge in [0.15, 0.2) is 6.10 Å². The minimum atomic E-state index is -0.684. The zero-order valence-electron chi connectivity index (χ0n) is 15.6. The van der Waals surface area contributed by atoms with Gasteiger partial charge in [0.1, 0.15) is 11.5 Å². The molecule has 3 rings (SSSR count). The lowest BCUT2D eigenvalue weighted by Crippen LogP contribution is -2.30. The van der Waals surface area contributed by atoms with Gasteiger partial charge in [-0.1, -0.05) is 6.07 Å². The lowest BCUT2D eigenvalue weighted by molar-refractivity contribution is -0.122. The van der Waals surface area contributed by atoms with Crippen LogP contribution in [0.5, 0.6) is 11.5 Å². The fraction of sp³-hybridized carbons (Fsp3) is 0.333. The Bertz CT molecular complexity index is 798. The number of nitrogens with one attached hydrogen (secondary N) is 1. The van der Waals surface area contributed by atoms with E-state index in [0.717, 1.165) is 31.7 Å². The van der Waals surface area contributed by atoms with Crippen LogP contribution >= 0.6 is 0 Å². The van der Waals surface area contributed by atoms with E-state index >= 15 is 0 Å². The molecule has 0 aliphatic carbocycles. The number of benzene rings is 2. The summed E-state index contributed by atoms with van der Waals surface area (Å²) < 4.78 is 10.8. The predicted octanol–water partition coefficient (Wildman–Crippen LogP) is 3.34. The summed E-state index contributed by atoms with van der Waals surface area (Å²) in [6, 6.07) is 14.1. The Balaban J connectivity index is 1.60. The fourth-order valence-corrected chi connectivity index (χ4v) is 2.99. The molecule has 1 fully saturated rings. The number of methoxy groups -OCH3 is 1. The van der Waals surface area contributed by atoms with Crippen molar-refractivity contribution in [2.45, 2.75) is 25.9 Å². The zero-order valence-corrected chi connectivity index (χ0v) is 15.6. The minimum Gasteiger partial charge on any atom is -0.497 e. The Morgan fingerprint density at radius 3 is 2.37 bits per heavy atom. The van der Waals surface area contributed by atoms with Gasteiger partial charge in [-0.05, 0) is 62.2 Å². The van der Waals surface area contributed by atoms with Gasteiger partial charge in [-0.2, -0.15) is 0 Å². The molecule has 27 heavy (non-hydrogen) atoms. The maximum absolute atomic E-state index is 12.5. The second kappa shape index (κ2) is 8.58. The molecule has 1 atom stereocenters. The first-order chi connectivity index (χ1) is 13.1. The average Bonchev–Trinajstić information content (AvgIpc) is 3.23. The summed E-state index contributed by atoms with van der Waals surface area (Å²) in [5, 5.41) is 2.81. The van der Waals surface area contributed by atoms with Crippen molar-refractivity contribution in [3.8, 4) is 11.5 Å². The van der Waals surface area contributed by atoms with E-state index in [4.69, 9.17) is 9.47 Å². The molecule has 1 aliphatic rings. The number of nitrogens with zero attached hydrogens (tertiary/aromatic N) is 1. The average molecular weight is 368 g/mol. The third-order valence-electron chi connectivity index (χ3n) is 4.51. The number of amides is 2. The lowest BCUT2D eigenvalue weighted by atomic mass is 10.1. The van der Waals surface area contributed by atoms with E-state index in [0.29, 0.717) is 17.0 Å². The number of carbonyl (C=O) groups is 2. The van der Waals surface area contributed by atoms with Gasteiger partial charge in [-0.25, -0.2) is 0 Å². The van der Waals surface area contributed by atoms with Crippen molar-refractivity contribution in [3.05, 3.63) is 54.1 Å². The standard InChI is InChI=1S/C21H24N2O4/c1-15(27-19-10-8-18(26-2)9-11-19)20(24)22-17-7-5-6-16(14-17)21(25)23-12-3-4-13-23/h5-11,14-15H,3-4,12-13H2,1-2H3,(H,22,24). The van der Waals surface area contributed by atoms with Gasteiger partial charge in [-0.3, -0.25) is 9.59 Å². The van der Waals surface area contributed by atoms with Crippen LogP contribution in [0.4, 0.5) is 5.69 Å². The molecule has 6 nitrogen and oxygen atoms in total. The normalized spacial score (nSPS) is 14.5. The summed E-state index contributed by atoms with van der Waals surface area (Å²) in [5.41, 5.74) is 1.16. The van der Waals surface area contributed by atoms with E-state index in [9.17, 15) is 9.59 Å². The molecule has 1 N–H and O–H groups in total. The third-order valence-corrected chi connectivity index (χ3v) is 4.51. The number of carbonyl (C=O) groups excluding carboxylic acids is 2. The molecule has 1 saturated heterocycles. The molecule has 0 saturated carbocycles. The SMILES string of the molecule is COc1ccc(OC(C)C(=O)Nc2cccc(C(=O)N3CCCC3)c2)cc1. The van der Waals surface area contributed by atoms with Crippen molar-refractivity contribution < 1.29 is 19.1 Å². The Kier molecular flexibility index (Phi) is 5.96. The minimum absolute atomic E-state index is 0.00568. The van der Waals surface area contributed by atoms with E-state index in [1.807, 2.05) is 4.90 Å². The largest absolute Gasteiger partial charge is 0.497 e. The first kappa shape index (κ1) is 18.8. The molecule has 1 heterocycles. The zero-order chi connectivity index (χ0) is 19.2. The summed E-state index contributed by atoms with van der Waals surface area (Å²) in [6.45, 7) is 3.27. The van der Waals surface area contributed by atoms with Crippen molar-refractivity contribution in [2.24, 2.45) is 0 Å². The topological polar surface area (TPSA) is 67.9 Å². The van der Waals surface area contributed by atoms with Crippen molar-refractivity contribution >= 4 is 17.5 Å². The lowest BCUT2D eigenvalue weighted by Gasteiger charge is -2.17. The van der Waals surface area contributed by atoms with E-state index in [2.05, 4.69) is 5.32 Å². The first-order valence-electron chi connectivity index (χ1n) is 9.08. The van der Waals surface area contributed by atoms with Crippen molar-refractivity contribution in [3.63, 3.8) is 0 Å². The highest BCUT2D eigenvalue weighted by atomic mass is 16.5. The van der Waals surface area contributed by atoms with E-state index in [1.54, 1.807) is 62.6 Å². The summed E-state index contributed by atoms with van der Waals surface area (Å²) in [7, 11) is 1.59. The predicted molar refractivity (Wildman–Crippen MR) is 103 cm³/mol. The second-order valence-electron chi connectivity index (χ2n) is 6.50. The van der Waals surface area contributed by atoms with Gasteiger partial charge in [0.05, 0.1) is 7.11 Å².